The molecule has 0 aliphatic carbocycles. The molecular formula is C62H48N2. The molecule has 10 rings (SSSR count). The molecule has 0 fully saturated rings. The third-order valence-electron chi connectivity index (χ3n) is 12.5. The summed E-state index contributed by atoms with van der Waals surface area (Å²) >= 11 is 0. The summed E-state index contributed by atoms with van der Waals surface area (Å²) in [7, 11) is 0. The van der Waals surface area contributed by atoms with E-state index in [-0.39, 0.29) is 0 Å². The van der Waals surface area contributed by atoms with Gasteiger partial charge in [0.25, 0.3) is 0 Å². The van der Waals surface area contributed by atoms with Gasteiger partial charge in [-0.25, -0.2) is 0 Å². The van der Waals surface area contributed by atoms with Crippen molar-refractivity contribution in [1.29, 1.82) is 0 Å². The molecule has 9 aromatic carbocycles. The summed E-state index contributed by atoms with van der Waals surface area (Å²) in [6.45, 7) is 6.05. The molecule has 0 radical (unpaired) electrons. The second-order valence-electron chi connectivity index (χ2n) is 16.1. The zero-order chi connectivity index (χ0) is 43.3. The molecule has 0 aliphatic heterocycles. The highest BCUT2D eigenvalue weighted by molar-refractivity contribution is 6.11. The van der Waals surface area contributed by atoms with Crippen LogP contribution in [0, 0.1) is 0 Å². The van der Waals surface area contributed by atoms with E-state index in [9.17, 15) is 0 Å². The van der Waals surface area contributed by atoms with Crippen molar-refractivity contribution in [3.05, 3.63) is 290 Å². The summed E-state index contributed by atoms with van der Waals surface area (Å²) in [4.78, 5) is 2.38. The van der Waals surface area contributed by atoms with Gasteiger partial charge in [0.15, 0.2) is 0 Å². The average Bonchev–Trinajstić information content (AvgIpc) is 3.70. The van der Waals surface area contributed by atoms with Gasteiger partial charge in [-0.1, -0.05) is 219 Å². The Labute approximate surface area is 376 Å². The lowest BCUT2D eigenvalue weighted by atomic mass is 9.65. The minimum absolute atomic E-state index is 0.512. The monoisotopic (exact) mass is 820 g/mol. The maximum atomic E-state index is 3.95. The lowest BCUT2D eigenvalue weighted by molar-refractivity contribution is 0.745. The van der Waals surface area contributed by atoms with Crippen LogP contribution >= 0.6 is 0 Å². The van der Waals surface area contributed by atoms with Crippen LogP contribution in [0.3, 0.4) is 0 Å². The number of fused-ring (bicyclic) bond motifs is 3. The minimum Gasteiger partial charge on any atom is -0.310 e. The molecule has 1 heterocycles. The number of hydrogen-bond donors (Lipinski definition) is 0. The van der Waals surface area contributed by atoms with Gasteiger partial charge in [-0.3, -0.25) is 0 Å². The van der Waals surface area contributed by atoms with Gasteiger partial charge in [0.2, 0.25) is 0 Å². The average molecular weight is 821 g/mol. The number of rotatable bonds is 12. The Hall–Kier alpha value is -8.20. The van der Waals surface area contributed by atoms with E-state index in [1.54, 1.807) is 0 Å². The molecule has 1 aromatic heterocycles. The van der Waals surface area contributed by atoms with E-state index in [4.69, 9.17) is 0 Å². The molecule has 0 N–H and O–H groups in total. The molecule has 64 heavy (non-hydrogen) atoms. The van der Waals surface area contributed by atoms with Crippen molar-refractivity contribution in [2.45, 2.75) is 12.3 Å². The molecule has 2 heteroatoms. The summed E-state index contributed by atoms with van der Waals surface area (Å²) in [6.07, 6.45) is 8.13. The summed E-state index contributed by atoms with van der Waals surface area (Å²) in [5, 5.41) is 2.42. The van der Waals surface area contributed by atoms with Crippen LogP contribution in [0.2, 0.25) is 0 Å². The van der Waals surface area contributed by atoms with E-state index in [1.807, 2.05) is 12.2 Å². The molecular weight excluding hydrogens is 773 g/mol. The summed E-state index contributed by atoms with van der Waals surface area (Å²) in [5.74, 6) is 0. The second-order valence-corrected chi connectivity index (χ2v) is 16.1. The van der Waals surface area contributed by atoms with E-state index in [0.717, 1.165) is 44.9 Å². The lowest BCUT2D eigenvalue weighted by Crippen LogP contribution is -2.30. The maximum absolute atomic E-state index is 3.95. The fourth-order valence-electron chi connectivity index (χ4n) is 9.53. The third-order valence-corrected chi connectivity index (χ3v) is 12.5. The van der Waals surface area contributed by atoms with Crippen molar-refractivity contribution in [2.24, 2.45) is 0 Å². The summed E-state index contributed by atoms with van der Waals surface area (Å²) in [6, 6.07) is 85.9. The first kappa shape index (κ1) is 39.9. The maximum Gasteiger partial charge on any atom is 0.0701 e. The standard InChI is InChI=1S/C62H48N2/c1-3-5-30-54(4-2)64-60-33-19-18-32-58(60)59-43-42-57(45-61(59)64)63(55-40-36-47(37-41-55)46-21-10-6-11-22-46)56-31-20-23-49(44-56)48-34-38-53(39-35-48)62(50-24-12-7-13-25-50,51-26-14-8-15-27-51)52-28-16-9-17-29-52/h3-45H,1H2,2H3/b30-5-,54-4+. The van der Waals surface area contributed by atoms with Crippen molar-refractivity contribution >= 4 is 44.6 Å². The number of nitrogens with zero attached hydrogens (tertiary/aromatic N) is 2. The fraction of sp³-hybridized carbons (Fsp3) is 0.0323. The Balaban J connectivity index is 1.12. The first-order valence-corrected chi connectivity index (χ1v) is 22.0. The number of allylic oxidation sites excluding steroid dienone is 5. The Bertz CT molecular complexity index is 3150. The van der Waals surface area contributed by atoms with Crippen LogP contribution in [0.4, 0.5) is 17.1 Å². The number of aromatic nitrogens is 1. The van der Waals surface area contributed by atoms with Crippen molar-refractivity contribution < 1.29 is 0 Å². The molecule has 0 spiro atoms. The van der Waals surface area contributed by atoms with E-state index in [2.05, 4.69) is 272 Å². The number of hydrogen-bond acceptors (Lipinski definition) is 1. The van der Waals surface area contributed by atoms with Crippen LogP contribution in [-0.2, 0) is 5.41 Å². The van der Waals surface area contributed by atoms with Gasteiger partial charge in [-0.05, 0) is 100.0 Å². The normalized spacial score (nSPS) is 11.9. The second kappa shape index (κ2) is 17.6. The van der Waals surface area contributed by atoms with Gasteiger partial charge in [0, 0.05) is 33.5 Å². The predicted octanol–water partition coefficient (Wildman–Crippen LogP) is 16.6. The lowest BCUT2D eigenvalue weighted by Gasteiger charge is -2.37. The van der Waals surface area contributed by atoms with Crippen molar-refractivity contribution in [3.8, 4) is 22.3 Å². The minimum atomic E-state index is -0.512. The molecule has 0 bridgehead atoms. The molecule has 0 atom stereocenters. The Kier molecular flexibility index (Phi) is 11.0. The van der Waals surface area contributed by atoms with Gasteiger partial charge in [0.05, 0.1) is 16.4 Å². The van der Waals surface area contributed by atoms with Crippen molar-refractivity contribution in [2.75, 3.05) is 4.90 Å². The zero-order valence-electron chi connectivity index (χ0n) is 35.9. The highest BCUT2D eigenvalue weighted by atomic mass is 15.1. The first-order valence-electron chi connectivity index (χ1n) is 22.0. The van der Waals surface area contributed by atoms with Gasteiger partial charge < -0.3 is 9.47 Å². The number of benzene rings is 9. The molecule has 0 unspecified atom stereocenters. The SMILES string of the molecule is C=C/C=C\C(=C/C)n1c2ccccc2c2ccc(N(c3ccc(-c4ccccc4)cc3)c3cccc(-c4ccc(C(c5ccccc5)(c5ccccc5)c5ccccc5)cc4)c3)cc21. The summed E-state index contributed by atoms with van der Waals surface area (Å²) in [5.41, 5.74) is 15.6. The summed E-state index contributed by atoms with van der Waals surface area (Å²) < 4.78 is 2.36. The molecule has 0 saturated carbocycles. The molecule has 306 valence electrons. The Morgan fingerprint density at radius 3 is 1.50 bits per heavy atom. The van der Waals surface area contributed by atoms with Crippen LogP contribution in [0.15, 0.2) is 267 Å². The Morgan fingerprint density at radius 2 is 0.891 bits per heavy atom. The quantitative estimate of drug-likeness (QED) is 0.0880. The van der Waals surface area contributed by atoms with Gasteiger partial charge in [-0.2, -0.15) is 0 Å². The molecule has 0 aliphatic rings. The van der Waals surface area contributed by atoms with E-state index < -0.39 is 5.41 Å². The van der Waals surface area contributed by atoms with E-state index in [1.165, 1.54) is 44.2 Å². The molecule has 0 saturated heterocycles. The largest absolute Gasteiger partial charge is 0.310 e. The molecule has 2 nitrogen and oxygen atoms in total. The highest BCUT2D eigenvalue weighted by Crippen LogP contribution is 2.46. The molecule has 0 amide bonds. The van der Waals surface area contributed by atoms with E-state index in [0.29, 0.717) is 0 Å². The molecule has 10 aromatic rings. The topological polar surface area (TPSA) is 8.17 Å². The number of para-hydroxylation sites is 1. The van der Waals surface area contributed by atoms with Gasteiger partial charge in [0.1, 0.15) is 0 Å². The van der Waals surface area contributed by atoms with E-state index >= 15 is 0 Å². The van der Waals surface area contributed by atoms with Crippen LogP contribution in [0.25, 0.3) is 49.8 Å². The number of anilines is 3. The van der Waals surface area contributed by atoms with Crippen LogP contribution < -0.4 is 4.90 Å². The third kappa shape index (κ3) is 7.25. The van der Waals surface area contributed by atoms with Crippen molar-refractivity contribution in [1.82, 2.24) is 4.57 Å². The van der Waals surface area contributed by atoms with Crippen LogP contribution in [-0.4, -0.2) is 4.57 Å². The van der Waals surface area contributed by atoms with Gasteiger partial charge >= 0.3 is 0 Å². The fourth-order valence-corrected chi connectivity index (χ4v) is 9.53. The van der Waals surface area contributed by atoms with Crippen molar-refractivity contribution in [3.63, 3.8) is 0 Å². The van der Waals surface area contributed by atoms with Crippen LogP contribution in [0.1, 0.15) is 29.2 Å². The first-order chi connectivity index (χ1) is 31.7. The zero-order valence-corrected chi connectivity index (χ0v) is 35.9. The smallest absolute Gasteiger partial charge is 0.0701 e. The Morgan fingerprint density at radius 1 is 0.422 bits per heavy atom. The predicted molar refractivity (Wildman–Crippen MR) is 273 cm³/mol. The highest BCUT2D eigenvalue weighted by Gasteiger charge is 2.38. The van der Waals surface area contributed by atoms with Crippen LogP contribution in [0.5, 0.6) is 0 Å². The van der Waals surface area contributed by atoms with Gasteiger partial charge in [-0.15, -0.1) is 0 Å².